The third-order valence-electron chi connectivity index (χ3n) is 1.91. The van der Waals surface area contributed by atoms with Crippen LogP contribution in [0, 0.1) is 0 Å². The Labute approximate surface area is 90.3 Å². The number of nitrogens with zero attached hydrogens (tertiary/aromatic N) is 1. The van der Waals surface area contributed by atoms with Gasteiger partial charge in [-0.15, -0.1) is 0 Å². The zero-order chi connectivity index (χ0) is 9.97. The van der Waals surface area contributed by atoms with Crippen LogP contribution in [0.5, 0.6) is 5.75 Å². The Kier molecular flexibility index (Phi) is 2.54. The number of rotatable bonds is 2. The van der Waals surface area contributed by atoms with Crippen molar-refractivity contribution in [1.82, 2.24) is 9.97 Å². The van der Waals surface area contributed by atoms with Gasteiger partial charge < -0.3 is 9.72 Å². The van der Waals surface area contributed by atoms with Crippen molar-refractivity contribution in [2.75, 3.05) is 7.11 Å². The molecule has 0 aliphatic carbocycles. The molecule has 2 rings (SSSR count). The van der Waals surface area contributed by atoms with Crippen molar-refractivity contribution in [3.8, 4) is 17.1 Å². The number of H-pyrrole nitrogens is 1. The first-order valence-electron chi connectivity index (χ1n) is 4.14. The molecule has 1 heterocycles. The number of methoxy groups -OCH3 is 1. The van der Waals surface area contributed by atoms with Gasteiger partial charge in [-0.2, -0.15) is 0 Å². The van der Waals surface area contributed by atoms with E-state index in [2.05, 4.69) is 25.9 Å². The quantitative estimate of drug-likeness (QED) is 0.893. The minimum absolute atomic E-state index is 0.847. The van der Waals surface area contributed by atoms with Crippen molar-refractivity contribution < 1.29 is 4.74 Å². The fraction of sp³-hybridized carbons (Fsp3) is 0.100. The van der Waals surface area contributed by atoms with Crippen LogP contribution in [0.2, 0.25) is 0 Å². The number of hydrogen-bond donors (Lipinski definition) is 1. The molecule has 0 atom stereocenters. The molecular weight excluding hydrogens is 244 g/mol. The molecular formula is C10H9BrN2O. The molecule has 3 nitrogen and oxygen atoms in total. The second-order valence-electron chi connectivity index (χ2n) is 2.81. The molecule has 0 saturated heterocycles. The van der Waals surface area contributed by atoms with Gasteiger partial charge in [0.2, 0.25) is 0 Å². The number of ether oxygens (including phenoxy) is 1. The first-order valence-corrected chi connectivity index (χ1v) is 4.94. The SMILES string of the molecule is COc1ccc(-c2ncc(Br)[nH]2)cc1. The minimum atomic E-state index is 0.847. The largest absolute Gasteiger partial charge is 0.497 e. The smallest absolute Gasteiger partial charge is 0.138 e. The first-order chi connectivity index (χ1) is 6.79. The number of benzene rings is 1. The summed E-state index contributed by atoms with van der Waals surface area (Å²) in [5.74, 6) is 1.69. The van der Waals surface area contributed by atoms with E-state index in [-0.39, 0.29) is 0 Å². The number of imidazole rings is 1. The lowest BCUT2D eigenvalue weighted by molar-refractivity contribution is 0.415. The van der Waals surface area contributed by atoms with E-state index in [0.29, 0.717) is 0 Å². The highest BCUT2D eigenvalue weighted by Crippen LogP contribution is 2.20. The molecule has 0 amide bonds. The highest BCUT2D eigenvalue weighted by atomic mass is 79.9. The van der Waals surface area contributed by atoms with Gasteiger partial charge in [0.05, 0.1) is 13.3 Å². The average Bonchev–Trinajstić information content (AvgIpc) is 2.65. The molecule has 1 aromatic carbocycles. The molecule has 0 spiro atoms. The van der Waals surface area contributed by atoms with Crippen LogP contribution in [0.3, 0.4) is 0 Å². The van der Waals surface area contributed by atoms with Crippen molar-refractivity contribution >= 4 is 15.9 Å². The fourth-order valence-corrected chi connectivity index (χ4v) is 1.48. The van der Waals surface area contributed by atoms with Gasteiger partial charge in [0.25, 0.3) is 0 Å². The summed E-state index contributed by atoms with van der Waals surface area (Å²) < 4.78 is 5.95. The Hall–Kier alpha value is -1.29. The summed E-state index contributed by atoms with van der Waals surface area (Å²) in [4.78, 5) is 7.29. The summed E-state index contributed by atoms with van der Waals surface area (Å²) >= 11 is 3.31. The van der Waals surface area contributed by atoms with Crippen molar-refractivity contribution in [2.24, 2.45) is 0 Å². The summed E-state index contributed by atoms with van der Waals surface area (Å²) in [6.07, 6.45) is 1.74. The molecule has 14 heavy (non-hydrogen) atoms. The topological polar surface area (TPSA) is 37.9 Å². The number of nitrogens with one attached hydrogen (secondary N) is 1. The molecule has 0 saturated carbocycles. The Bertz CT molecular complexity index is 422. The molecule has 0 unspecified atom stereocenters. The van der Waals surface area contributed by atoms with Gasteiger partial charge in [0.15, 0.2) is 0 Å². The molecule has 0 fully saturated rings. The number of halogens is 1. The maximum absolute atomic E-state index is 5.07. The second-order valence-corrected chi connectivity index (χ2v) is 3.66. The number of hydrogen-bond acceptors (Lipinski definition) is 2. The highest BCUT2D eigenvalue weighted by Gasteiger charge is 2.01. The van der Waals surface area contributed by atoms with Crippen LogP contribution in [0.15, 0.2) is 35.1 Å². The van der Waals surface area contributed by atoms with Gasteiger partial charge in [-0.05, 0) is 40.2 Å². The molecule has 72 valence electrons. The molecule has 0 aliphatic rings. The standard InChI is InChI=1S/C10H9BrN2O/c1-14-8-4-2-7(3-5-8)10-12-6-9(11)13-10/h2-6H,1H3,(H,12,13). The summed E-state index contributed by atoms with van der Waals surface area (Å²) in [7, 11) is 1.65. The van der Waals surface area contributed by atoms with Crippen LogP contribution < -0.4 is 4.74 Å². The van der Waals surface area contributed by atoms with Gasteiger partial charge in [0, 0.05) is 5.56 Å². The zero-order valence-electron chi connectivity index (χ0n) is 7.62. The predicted octanol–water partition coefficient (Wildman–Crippen LogP) is 2.85. The van der Waals surface area contributed by atoms with E-state index in [1.165, 1.54) is 0 Å². The van der Waals surface area contributed by atoms with E-state index in [1.54, 1.807) is 13.3 Å². The minimum Gasteiger partial charge on any atom is -0.497 e. The maximum atomic E-state index is 5.07. The molecule has 1 aromatic heterocycles. The molecule has 0 radical (unpaired) electrons. The van der Waals surface area contributed by atoms with E-state index < -0.39 is 0 Å². The van der Waals surface area contributed by atoms with Gasteiger partial charge >= 0.3 is 0 Å². The summed E-state index contributed by atoms with van der Waals surface area (Å²) in [5, 5.41) is 0. The fourth-order valence-electron chi connectivity index (χ4n) is 1.19. The Morgan fingerprint density at radius 2 is 2.00 bits per heavy atom. The van der Waals surface area contributed by atoms with E-state index in [1.807, 2.05) is 24.3 Å². The van der Waals surface area contributed by atoms with Gasteiger partial charge in [-0.25, -0.2) is 4.98 Å². The maximum Gasteiger partial charge on any atom is 0.138 e. The molecule has 1 N–H and O–H groups in total. The molecule has 0 aliphatic heterocycles. The molecule has 2 aromatic rings. The van der Waals surface area contributed by atoms with Crippen molar-refractivity contribution in [3.05, 3.63) is 35.1 Å². The Morgan fingerprint density at radius 3 is 2.50 bits per heavy atom. The van der Waals surface area contributed by atoms with Crippen LogP contribution in [0.1, 0.15) is 0 Å². The Balaban J connectivity index is 2.33. The van der Waals surface area contributed by atoms with Crippen molar-refractivity contribution in [2.45, 2.75) is 0 Å². The third-order valence-corrected chi connectivity index (χ3v) is 2.31. The van der Waals surface area contributed by atoms with Crippen molar-refractivity contribution in [1.29, 1.82) is 0 Å². The van der Waals surface area contributed by atoms with Crippen LogP contribution in [0.25, 0.3) is 11.4 Å². The predicted molar refractivity (Wildman–Crippen MR) is 58.3 cm³/mol. The number of aromatic nitrogens is 2. The second kappa shape index (κ2) is 3.84. The third kappa shape index (κ3) is 1.80. The first kappa shape index (κ1) is 9.27. The lowest BCUT2D eigenvalue weighted by atomic mass is 10.2. The van der Waals surface area contributed by atoms with Crippen LogP contribution in [-0.4, -0.2) is 17.1 Å². The van der Waals surface area contributed by atoms with Gasteiger partial charge in [0.1, 0.15) is 16.2 Å². The number of aromatic amines is 1. The van der Waals surface area contributed by atoms with Crippen LogP contribution >= 0.6 is 15.9 Å². The van der Waals surface area contributed by atoms with Crippen LogP contribution in [-0.2, 0) is 0 Å². The van der Waals surface area contributed by atoms with E-state index in [0.717, 1.165) is 21.7 Å². The zero-order valence-corrected chi connectivity index (χ0v) is 9.21. The summed E-state index contributed by atoms with van der Waals surface area (Å²) in [6, 6.07) is 7.74. The lowest BCUT2D eigenvalue weighted by Gasteiger charge is -2.00. The molecule has 4 heteroatoms. The Morgan fingerprint density at radius 1 is 1.29 bits per heavy atom. The summed E-state index contributed by atoms with van der Waals surface area (Å²) in [5.41, 5.74) is 1.04. The van der Waals surface area contributed by atoms with Gasteiger partial charge in [-0.1, -0.05) is 0 Å². The lowest BCUT2D eigenvalue weighted by Crippen LogP contribution is -1.83. The molecule has 0 bridgehead atoms. The van der Waals surface area contributed by atoms with E-state index in [9.17, 15) is 0 Å². The summed E-state index contributed by atoms with van der Waals surface area (Å²) in [6.45, 7) is 0. The van der Waals surface area contributed by atoms with E-state index in [4.69, 9.17) is 4.74 Å². The van der Waals surface area contributed by atoms with Gasteiger partial charge in [-0.3, -0.25) is 0 Å². The normalized spacial score (nSPS) is 10.1. The average molecular weight is 253 g/mol. The van der Waals surface area contributed by atoms with Crippen molar-refractivity contribution in [3.63, 3.8) is 0 Å². The van der Waals surface area contributed by atoms with Crippen LogP contribution in [0.4, 0.5) is 0 Å². The van der Waals surface area contributed by atoms with E-state index >= 15 is 0 Å². The highest BCUT2D eigenvalue weighted by molar-refractivity contribution is 9.10. The monoisotopic (exact) mass is 252 g/mol.